The number of rotatable bonds is 5. The molecule has 3 rings (SSSR count). The quantitative estimate of drug-likeness (QED) is 0.856. The summed E-state index contributed by atoms with van der Waals surface area (Å²) in [6.45, 7) is 0.501. The maximum atomic E-state index is 13.5. The molecule has 0 saturated carbocycles. The number of hydrogen-bond donors (Lipinski definition) is 1. The van der Waals surface area contributed by atoms with Crippen molar-refractivity contribution < 1.29 is 13.7 Å². The van der Waals surface area contributed by atoms with Crippen molar-refractivity contribution in [2.45, 2.75) is 35.7 Å². The van der Waals surface area contributed by atoms with E-state index in [1.165, 1.54) is 17.8 Å². The first kappa shape index (κ1) is 14.5. The topological polar surface area (TPSA) is 74.2 Å². The zero-order chi connectivity index (χ0) is 14.7. The fourth-order valence-electron chi connectivity index (χ4n) is 2.22. The lowest BCUT2D eigenvalue weighted by atomic mass is 10.2. The van der Waals surface area contributed by atoms with Crippen LogP contribution in [-0.2, 0) is 10.5 Å². The summed E-state index contributed by atoms with van der Waals surface area (Å²) in [4.78, 5) is 4.89. The van der Waals surface area contributed by atoms with Gasteiger partial charge in [-0.15, -0.1) is 11.8 Å². The average Bonchev–Trinajstić information content (AvgIpc) is 3.15. The van der Waals surface area contributed by atoms with Crippen LogP contribution in [0.15, 0.2) is 33.7 Å². The highest BCUT2D eigenvalue weighted by Gasteiger charge is 2.29. The number of nitrogens with zero attached hydrogens (tertiary/aromatic N) is 2. The number of halogens is 1. The summed E-state index contributed by atoms with van der Waals surface area (Å²) in [5, 5.41) is 3.92. The lowest BCUT2D eigenvalue weighted by Crippen LogP contribution is -2.18. The molecule has 1 aliphatic rings. The van der Waals surface area contributed by atoms with Crippen molar-refractivity contribution >= 4 is 11.8 Å². The van der Waals surface area contributed by atoms with Crippen molar-refractivity contribution in [3.63, 3.8) is 0 Å². The third-order valence-corrected chi connectivity index (χ3v) is 4.37. The van der Waals surface area contributed by atoms with E-state index >= 15 is 0 Å². The van der Waals surface area contributed by atoms with Crippen LogP contribution in [0.2, 0.25) is 0 Å². The second-order valence-electron chi connectivity index (χ2n) is 4.83. The molecule has 1 aliphatic heterocycles. The zero-order valence-electron chi connectivity index (χ0n) is 11.4. The number of thioether (sulfide) groups is 1. The van der Waals surface area contributed by atoms with E-state index in [1.54, 1.807) is 18.2 Å². The van der Waals surface area contributed by atoms with Gasteiger partial charge in [0.2, 0.25) is 0 Å². The summed E-state index contributed by atoms with van der Waals surface area (Å²) in [6.07, 6.45) is 1.64. The molecule has 1 saturated heterocycles. The molecule has 2 atom stereocenters. The smallest absolute Gasteiger partial charge is 0.255 e. The third-order valence-electron chi connectivity index (χ3n) is 3.32. The minimum Gasteiger partial charge on any atom is -0.364 e. The number of ether oxygens (including phenoxy) is 1. The highest BCUT2D eigenvalue weighted by atomic mass is 32.2. The number of nitrogens with two attached hydrogens (primary N) is 1. The number of aromatic nitrogens is 2. The lowest BCUT2D eigenvalue weighted by Gasteiger charge is -2.07. The fraction of sp³-hybridized carbons (Fsp3) is 0.429. The Bertz CT molecular complexity index is 607. The van der Waals surface area contributed by atoms with Gasteiger partial charge in [-0.25, -0.2) is 4.39 Å². The molecule has 5 nitrogen and oxygen atoms in total. The van der Waals surface area contributed by atoms with Crippen molar-refractivity contribution in [3.8, 4) is 0 Å². The van der Waals surface area contributed by atoms with Gasteiger partial charge in [-0.3, -0.25) is 0 Å². The average molecular weight is 309 g/mol. The van der Waals surface area contributed by atoms with Crippen molar-refractivity contribution in [1.82, 2.24) is 10.1 Å². The van der Waals surface area contributed by atoms with Crippen LogP contribution in [-0.4, -0.2) is 22.8 Å². The van der Waals surface area contributed by atoms with Gasteiger partial charge in [0.05, 0.1) is 11.9 Å². The predicted octanol–water partition coefficient (Wildman–Crippen LogP) is 2.68. The van der Waals surface area contributed by atoms with E-state index in [1.807, 2.05) is 0 Å². The van der Waals surface area contributed by atoms with Gasteiger partial charge in [-0.2, -0.15) is 4.98 Å². The molecule has 0 amide bonds. The van der Waals surface area contributed by atoms with E-state index in [2.05, 4.69) is 10.1 Å². The molecule has 0 bridgehead atoms. The van der Waals surface area contributed by atoms with Crippen molar-refractivity contribution in [2.75, 3.05) is 6.54 Å². The van der Waals surface area contributed by atoms with E-state index in [4.69, 9.17) is 15.0 Å². The van der Waals surface area contributed by atoms with Gasteiger partial charge in [0.15, 0.2) is 5.82 Å². The SMILES string of the molecule is NCC1CCC(c2nc(CSc3ccccc3F)no2)O1. The van der Waals surface area contributed by atoms with E-state index in [9.17, 15) is 4.39 Å². The van der Waals surface area contributed by atoms with Gasteiger partial charge in [0, 0.05) is 11.4 Å². The number of hydrogen-bond acceptors (Lipinski definition) is 6. The highest BCUT2D eigenvalue weighted by molar-refractivity contribution is 7.98. The van der Waals surface area contributed by atoms with E-state index in [0.29, 0.717) is 28.9 Å². The molecule has 0 spiro atoms. The molecule has 21 heavy (non-hydrogen) atoms. The van der Waals surface area contributed by atoms with Crippen molar-refractivity contribution in [3.05, 3.63) is 41.8 Å². The van der Waals surface area contributed by atoms with Crippen LogP contribution in [0.1, 0.15) is 30.7 Å². The van der Waals surface area contributed by atoms with Crippen molar-refractivity contribution in [2.24, 2.45) is 5.73 Å². The lowest BCUT2D eigenvalue weighted by molar-refractivity contribution is 0.0307. The summed E-state index contributed by atoms with van der Waals surface area (Å²) in [7, 11) is 0. The molecule has 1 aromatic heterocycles. The van der Waals surface area contributed by atoms with Crippen LogP contribution < -0.4 is 5.73 Å². The van der Waals surface area contributed by atoms with E-state index < -0.39 is 0 Å². The summed E-state index contributed by atoms with van der Waals surface area (Å²) in [6, 6.07) is 6.62. The second kappa shape index (κ2) is 6.55. The van der Waals surface area contributed by atoms with Crippen LogP contribution in [0.5, 0.6) is 0 Å². The highest BCUT2D eigenvalue weighted by Crippen LogP contribution is 2.32. The molecular formula is C14H16FN3O2S. The Hall–Kier alpha value is -1.44. The van der Waals surface area contributed by atoms with E-state index in [0.717, 1.165) is 12.8 Å². The Labute approximate surface area is 126 Å². The molecule has 1 fully saturated rings. The minimum atomic E-state index is -0.240. The molecule has 2 unspecified atom stereocenters. The summed E-state index contributed by atoms with van der Waals surface area (Å²) < 4.78 is 24.4. The molecule has 1 aromatic carbocycles. The third kappa shape index (κ3) is 3.42. The standard InChI is InChI=1S/C14H16FN3O2S/c15-10-3-1-2-4-12(10)21-8-13-17-14(20-18-13)11-6-5-9(7-16)19-11/h1-4,9,11H,5-8,16H2. The Kier molecular flexibility index (Phi) is 4.52. The van der Waals surface area contributed by atoms with Gasteiger partial charge in [-0.05, 0) is 25.0 Å². The normalized spacial score (nSPS) is 21.8. The van der Waals surface area contributed by atoms with Gasteiger partial charge >= 0.3 is 0 Å². The molecule has 2 N–H and O–H groups in total. The maximum Gasteiger partial charge on any atom is 0.255 e. The van der Waals surface area contributed by atoms with Crippen LogP contribution in [0.4, 0.5) is 4.39 Å². The Morgan fingerprint density at radius 1 is 1.33 bits per heavy atom. The maximum absolute atomic E-state index is 13.5. The monoisotopic (exact) mass is 309 g/mol. The number of benzene rings is 1. The van der Waals surface area contributed by atoms with Gasteiger partial charge < -0.3 is 15.0 Å². The molecule has 0 radical (unpaired) electrons. The molecular weight excluding hydrogens is 293 g/mol. The van der Waals surface area contributed by atoms with Gasteiger partial charge in [-0.1, -0.05) is 17.3 Å². The second-order valence-corrected chi connectivity index (χ2v) is 5.84. The Balaban J connectivity index is 1.60. The van der Waals surface area contributed by atoms with Gasteiger partial charge in [0.1, 0.15) is 11.9 Å². The van der Waals surface area contributed by atoms with Crippen LogP contribution in [0.25, 0.3) is 0 Å². The largest absolute Gasteiger partial charge is 0.364 e. The van der Waals surface area contributed by atoms with Crippen LogP contribution >= 0.6 is 11.8 Å². The van der Waals surface area contributed by atoms with Crippen molar-refractivity contribution in [1.29, 1.82) is 0 Å². The molecule has 7 heteroatoms. The first-order valence-corrected chi connectivity index (χ1v) is 7.80. The summed E-state index contributed by atoms with van der Waals surface area (Å²) >= 11 is 1.34. The molecule has 112 valence electrons. The molecule has 2 heterocycles. The fourth-order valence-corrected chi connectivity index (χ4v) is 3.00. The molecule has 0 aliphatic carbocycles. The van der Waals surface area contributed by atoms with Crippen LogP contribution in [0, 0.1) is 5.82 Å². The summed E-state index contributed by atoms with van der Waals surface area (Å²) in [5.74, 6) is 1.24. The minimum absolute atomic E-state index is 0.0677. The Morgan fingerprint density at radius 3 is 2.95 bits per heavy atom. The first-order chi connectivity index (χ1) is 10.3. The predicted molar refractivity (Wildman–Crippen MR) is 76.2 cm³/mol. The van der Waals surface area contributed by atoms with Gasteiger partial charge in [0.25, 0.3) is 5.89 Å². The summed E-state index contributed by atoms with van der Waals surface area (Å²) in [5.41, 5.74) is 5.58. The Morgan fingerprint density at radius 2 is 2.19 bits per heavy atom. The molecule has 2 aromatic rings. The first-order valence-electron chi connectivity index (χ1n) is 6.81. The van der Waals surface area contributed by atoms with E-state index in [-0.39, 0.29) is 18.0 Å². The zero-order valence-corrected chi connectivity index (χ0v) is 12.2. The van der Waals surface area contributed by atoms with Crippen LogP contribution in [0.3, 0.4) is 0 Å².